The fraction of sp³-hybridized carbons (Fsp3) is 0.316. The van der Waals surface area contributed by atoms with E-state index in [0.29, 0.717) is 9.87 Å². The number of hydrogen-bond donors (Lipinski definition) is 3. The van der Waals surface area contributed by atoms with Gasteiger partial charge in [-0.1, -0.05) is 12.1 Å². The van der Waals surface area contributed by atoms with Crippen molar-refractivity contribution in [1.29, 1.82) is 0 Å². The fourth-order valence-electron chi connectivity index (χ4n) is 3.78. The van der Waals surface area contributed by atoms with Crippen LogP contribution in [0.15, 0.2) is 41.3 Å². The van der Waals surface area contributed by atoms with Crippen LogP contribution in [0.4, 0.5) is 29.1 Å². The van der Waals surface area contributed by atoms with E-state index in [1.807, 2.05) is 0 Å². The number of nitrogen functional groups attached to an aromatic ring is 1. The number of rotatable bonds is 4. The molecule has 1 aromatic heterocycles. The maximum absolute atomic E-state index is 15.4. The molecule has 7 nitrogen and oxygen atoms in total. The van der Waals surface area contributed by atoms with Gasteiger partial charge in [0.25, 0.3) is 10.0 Å². The Morgan fingerprint density at radius 3 is 2.55 bits per heavy atom. The third kappa shape index (κ3) is 3.30. The van der Waals surface area contributed by atoms with Gasteiger partial charge in [-0.3, -0.25) is 9.40 Å². The van der Waals surface area contributed by atoms with Gasteiger partial charge in [-0.2, -0.15) is 18.3 Å². The molecule has 31 heavy (non-hydrogen) atoms. The predicted octanol–water partition coefficient (Wildman–Crippen LogP) is 3.24. The second-order valence-corrected chi connectivity index (χ2v) is 9.45. The van der Waals surface area contributed by atoms with Crippen LogP contribution in [0.3, 0.4) is 0 Å². The van der Waals surface area contributed by atoms with E-state index in [1.165, 1.54) is 24.3 Å². The van der Waals surface area contributed by atoms with Crippen LogP contribution in [0, 0.1) is 12.7 Å². The number of anilines is 2. The number of nitrogens with zero attached hydrogens (tertiary/aromatic N) is 2. The third-order valence-corrected chi connectivity index (χ3v) is 7.33. The summed E-state index contributed by atoms with van der Waals surface area (Å²) in [6.07, 6.45) is -6.81. The molecule has 0 radical (unpaired) electrons. The molecule has 1 fully saturated rings. The smallest absolute Gasteiger partial charge is 0.382 e. The average Bonchev–Trinajstić information content (AvgIpc) is 3.03. The Kier molecular flexibility index (Phi) is 4.70. The summed E-state index contributed by atoms with van der Waals surface area (Å²) >= 11 is 0. The van der Waals surface area contributed by atoms with Gasteiger partial charge in [0.15, 0.2) is 17.2 Å². The topological polar surface area (TPSA) is 112 Å². The molecule has 0 aliphatic heterocycles. The number of H-pyrrole nitrogens is 1. The van der Waals surface area contributed by atoms with Crippen LogP contribution in [-0.2, 0) is 10.0 Å². The number of nitrogens with one attached hydrogen (secondary N) is 1. The molecule has 0 atom stereocenters. The highest BCUT2D eigenvalue weighted by Crippen LogP contribution is 2.49. The van der Waals surface area contributed by atoms with E-state index in [2.05, 4.69) is 10.2 Å². The third-order valence-electron chi connectivity index (χ3n) is 5.46. The van der Waals surface area contributed by atoms with E-state index in [4.69, 9.17) is 5.73 Å². The normalized spacial score (nSPS) is 21.8. The number of aromatic nitrogens is 2. The average molecular weight is 458 g/mol. The number of nitrogens with two attached hydrogens (primary N) is 1. The monoisotopic (exact) mass is 458 g/mol. The number of halogens is 4. The molecule has 0 unspecified atom stereocenters. The summed E-state index contributed by atoms with van der Waals surface area (Å²) in [6, 6.07) is 6.87. The number of aromatic amines is 1. The number of hydrogen-bond acceptors (Lipinski definition) is 5. The predicted molar refractivity (Wildman–Crippen MR) is 105 cm³/mol. The van der Waals surface area contributed by atoms with Crippen molar-refractivity contribution < 1.29 is 31.1 Å². The number of sulfonamides is 1. The van der Waals surface area contributed by atoms with E-state index in [1.54, 1.807) is 13.0 Å². The molecule has 4 rings (SSSR count). The Balaban J connectivity index is 1.87. The molecule has 12 heteroatoms. The van der Waals surface area contributed by atoms with Crippen molar-refractivity contribution in [2.75, 3.05) is 10.0 Å². The Morgan fingerprint density at radius 2 is 1.94 bits per heavy atom. The maximum atomic E-state index is 15.4. The lowest BCUT2D eigenvalue weighted by Gasteiger charge is -2.48. The van der Waals surface area contributed by atoms with Crippen LogP contribution >= 0.6 is 0 Å². The Hall–Kier alpha value is -2.86. The largest absolute Gasteiger partial charge is 0.417 e. The number of alkyl halides is 3. The molecule has 1 aliphatic carbocycles. The summed E-state index contributed by atoms with van der Waals surface area (Å²) in [5.74, 6) is -1.26. The molecule has 2 aromatic carbocycles. The lowest BCUT2D eigenvalue weighted by atomic mass is 9.75. The Labute approximate surface area is 174 Å². The minimum atomic E-state index is -4.94. The molecule has 0 bridgehead atoms. The lowest BCUT2D eigenvalue weighted by Crippen LogP contribution is -2.63. The van der Waals surface area contributed by atoms with E-state index >= 15 is 4.39 Å². The molecule has 0 saturated heterocycles. The van der Waals surface area contributed by atoms with E-state index in [0.717, 1.165) is 6.07 Å². The Bertz CT molecular complexity index is 1270. The molecular weight excluding hydrogens is 440 g/mol. The summed E-state index contributed by atoms with van der Waals surface area (Å²) in [5, 5.41) is 15.9. The zero-order valence-electron chi connectivity index (χ0n) is 16.1. The van der Waals surface area contributed by atoms with Crippen molar-refractivity contribution in [2.24, 2.45) is 0 Å². The van der Waals surface area contributed by atoms with Gasteiger partial charge in [0.1, 0.15) is 0 Å². The molecule has 4 N–H and O–H groups in total. The first-order chi connectivity index (χ1) is 14.3. The van der Waals surface area contributed by atoms with E-state index in [9.17, 15) is 26.7 Å². The van der Waals surface area contributed by atoms with Gasteiger partial charge in [-0.25, -0.2) is 12.8 Å². The standard InChI is InChI=1S/C19H18F4N4O3S/c1-10-3-2-4-12(7-10)31(29,30)27(11-8-18(28,9-11)19(21,22)23)14-6-5-13-15(16(14)20)17(24)26-25-13/h2-7,11,28H,8-9H2,1H3,(H3,24,25,26). The number of aliphatic hydroxyl groups is 1. The molecular formula is C19H18F4N4O3S. The summed E-state index contributed by atoms with van der Waals surface area (Å²) in [4.78, 5) is -0.213. The molecule has 166 valence electrons. The first-order valence-electron chi connectivity index (χ1n) is 9.17. The zero-order valence-corrected chi connectivity index (χ0v) is 16.9. The second-order valence-electron chi connectivity index (χ2n) is 7.64. The highest BCUT2D eigenvalue weighted by atomic mass is 32.2. The van der Waals surface area contributed by atoms with Gasteiger partial charge in [0.05, 0.1) is 27.5 Å². The van der Waals surface area contributed by atoms with Crippen molar-refractivity contribution in [3.05, 3.63) is 47.8 Å². The Morgan fingerprint density at radius 1 is 1.26 bits per heavy atom. The summed E-state index contributed by atoms with van der Waals surface area (Å²) in [7, 11) is -4.48. The quantitative estimate of drug-likeness (QED) is 0.520. The van der Waals surface area contributed by atoms with Crippen LogP contribution in [0.5, 0.6) is 0 Å². The second kappa shape index (κ2) is 6.82. The molecule has 1 aliphatic rings. The van der Waals surface area contributed by atoms with Crippen LogP contribution in [0.1, 0.15) is 18.4 Å². The summed E-state index contributed by atoms with van der Waals surface area (Å²) in [5.41, 5.74) is 2.94. The highest BCUT2D eigenvalue weighted by Gasteiger charge is 2.63. The SMILES string of the molecule is Cc1cccc(S(=O)(=O)N(c2ccc3[nH]nc(N)c3c2F)C2CC(O)(C(F)(F)F)C2)c1. The number of aryl methyl sites for hydroxylation is 1. The maximum Gasteiger partial charge on any atom is 0.417 e. The van der Waals surface area contributed by atoms with Crippen LogP contribution in [0.25, 0.3) is 10.9 Å². The zero-order chi connectivity index (χ0) is 22.8. The number of fused-ring (bicyclic) bond motifs is 1. The van der Waals surface area contributed by atoms with Crippen molar-refractivity contribution in [1.82, 2.24) is 10.2 Å². The van der Waals surface area contributed by atoms with E-state index in [-0.39, 0.29) is 21.6 Å². The molecule has 1 saturated carbocycles. The lowest BCUT2D eigenvalue weighted by molar-refractivity contribution is -0.289. The van der Waals surface area contributed by atoms with Crippen molar-refractivity contribution in [2.45, 2.75) is 42.5 Å². The minimum absolute atomic E-state index is 0.174. The van der Waals surface area contributed by atoms with Gasteiger partial charge < -0.3 is 10.8 Å². The van der Waals surface area contributed by atoms with Crippen molar-refractivity contribution in [3.63, 3.8) is 0 Å². The van der Waals surface area contributed by atoms with Crippen molar-refractivity contribution in [3.8, 4) is 0 Å². The number of benzene rings is 2. The first kappa shape index (κ1) is 21.4. The van der Waals surface area contributed by atoms with Gasteiger partial charge >= 0.3 is 6.18 Å². The van der Waals surface area contributed by atoms with Gasteiger partial charge in [0, 0.05) is 12.8 Å². The van der Waals surface area contributed by atoms with Gasteiger partial charge in [-0.05, 0) is 36.8 Å². The van der Waals surface area contributed by atoms with Gasteiger partial charge in [0.2, 0.25) is 0 Å². The van der Waals surface area contributed by atoms with Crippen LogP contribution in [-0.4, -0.2) is 41.5 Å². The highest BCUT2D eigenvalue weighted by molar-refractivity contribution is 7.92. The van der Waals surface area contributed by atoms with E-state index < -0.39 is 52.2 Å². The fourth-order valence-corrected chi connectivity index (χ4v) is 5.54. The summed E-state index contributed by atoms with van der Waals surface area (Å²) < 4.78 is 82.3. The summed E-state index contributed by atoms with van der Waals surface area (Å²) in [6.45, 7) is 1.65. The molecule has 0 spiro atoms. The van der Waals surface area contributed by atoms with Crippen LogP contribution in [0.2, 0.25) is 0 Å². The van der Waals surface area contributed by atoms with Gasteiger partial charge in [-0.15, -0.1) is 0 Å². The molecule has 1 heterocycles. The van der Waals surface area contributed by atoms with Crippen LogP contribution < -0.4 is 10.0 Å². The first-order valence-corrected chi connectivity index (χ1v) is 10.6. The molecule has 0 amide bonds. The molecule has 3 aromatic rings. The van der Waals surface area contributed by atoms with Crippen molar-refractivity contribution >= 4 is 32.4 Å². The minimum Gasteiger partial charge on any atom is -0.382 e.